The molecule has 0 bridgehead atoms. The molecule has 0 spiro atoms. The predicted molar refractivity (Wildman–Crippen MR) is 94.1 cm³/mol. The Bertz CT molecular complexity index is 735. The van der Waals surface area contributed by atoms with Crippen LogP contribution >= 0.6 is 0 Å². The lowest BCUT2D eigenvalue weighted by atomic mass is 10.0. The predicted octanol–water partition coefficient (Wildman–Crippen LogP) is 3.59. The summed E-state index contributed by atoms with van der Waals surface area (Å²) in [6.07, 6.45) is 1.20. The van der Waals surface area contributed by atoms with E-state index in [1.54, 1.807) is 36.2 Å². The van der Waals surface area contributed by atoms with Crippen molar-refractivity contribution in [3.63, 3.8) is 0 Å². The number of carboxylic acid groups (broad SMARTS) is 1. The molecule has 0 aromatic heterocycles. The van der Waals surface area contributed by atoms with Crippen molar-refractivity contribution >= 4 is 11.9 Å². The number of hydrogen-bond acceptors (Lipinski definition) is 2. The maximum Gasteiger partial charge on any atom is 0.335 e. The lowest BCUT2D eigenvalue weighted by Crippen LogP contribution is -2.26. The summed E-state index contributed by atoms with van der Waals surface area (Å²) in [5, 5.41) is 8.90. The largest absolute Gasteiger partial charge is 0.478 e. The smallest absolute Gasteiger partial charge is 0.335 e. The van der Waals surface area contributed by atoms with Gasteiger partial charge in [-0.25, -0.2) is 4.79 Å². The number of carbonyl (C=O) groups excluding carboxylic acids is 1. The van der Waals surface area contributed by atoms with Gasteiger partial charge in [-0.3, -0.25) is 4.79 Å². The summed E-state index contributed by atoms with van der Waals surface area (Å²) in [5.41, 5.74) is 4.82. The number of amides is 1. The SMILES string of the molecule is Cc1ccc(CCC(=O)N(C)Cc2ccc(C(=O)O)cc2)c(C)c1. The van der Waals surface area contributed by atoms with E-state index in [-0.39, 0.29) is 11.5 Å². The highest BCUT2D eigenvalue weighted by atomic mass is 16.4. The molecule has 0 fully saturated rings. The van der Waals surface area contributed by atoms with Crippen LogP contribution < -0.4 is 0 Å². The second-order valence-electron chi connectivity index (χ2n) is 6.18. The van der Waals surface area contributed by atoms with Crippen molar-refractivity contribution in [3.05, 3.63) is 70.3 Å². The van der Waals surface area contributed by atoms with E-state index in [2.05, 4.69) is 32.0 Å². The Morgan fingerprint density at radius 1 is 1.04 bits per heavy atom. The first-order valence-electron chi connectivity index (χ1n) is 7.99. The summed E-state index contributed by atoms with van der Waals surface area (Å²) in [7, 11) is 1.77. The molecule has 126 valence electrons. The number of aryl methyl sites for hydroxylation is 3. The lowest BCUT2D eigenvalue weighted by molar-refractivity contribution is -0.130. The fourth-order valence-corrected chi connectivity index (χ4v) is 2.67. The van der Waals surface area contributed by atoms with E-state index < -0.39 is 5.97 Å². The number of rotatable bonds is 6. The normalized spacial score (nSPS) is 10.5. The molecule has 0 radical (unpaired) electrons. The van der Waals surface area contributed by atoms with Crippen LogP contribution in [0.4, 0.5) is 0 Å². The van der Waals surface area contributed by atoms with Crippen LogP contribution in [0.2, 0.25) is 0 Å². The minimum absolute atomic E-state index is 0.0808. The molecule has 0 aliphatic heterocycles. The van der Waals surface area contributed by atoms with Gasteiger partial charge in [0.2, 0.25) is 5.91 Å². The number of benzene rings is 2. The molecule has 24 heavy (non-hydrogen) atoms. The zero-order chi connectivity index (χ0) is 17.7. The third-order valence-electron chi connectivity index (χ3n) is 4.15. The highest BCUT2D eigenvalue weighted by Gasteiger charge is 2.11. The number of nitrogens with zero attached hydrogens (tertiary/aromatic N) is 1. The first kappa shape index (κ1) is 17.7. The molecule has 1 N–H and O–H groups in total. The second kappa shape index (κ2) is 7.77. The van der Waals surface area contributed by atoms with Gasteiger partial charge in [-0.15, -0.1) is 0 Å². The van der Waals surface area contributed by atoms with Gasteiger partial charge in [0.05, 0.1) is 5.56 Å². The Morgan fingerprint density at radius 3 is 2.29 bits per heavy atom. The molecule has 2 rings (SSSR count). The van der Waals surface area contributed by atoms with Crippen molar-refractivity contribution < 1.29 is 14.7 Å². The van der Waals surface area contributed by atoms with E-state index in [9.17, 15) is 9.59 Å². The molecule has 0 heterocycles. The summed E-state index contributed by atoms with van der Waals surface area (Å²) in [5.74, 6) is -0.864. The molecule has 0 saturated heterocycles. The molecule has 4 nitrogen and oxygen atoms in total. The molecule has 0 atom stereocenters. The topological polar surface area (TPSA) is 57.6 Å². The Hall–Kier alpha value is -2.62. The van der Waals surface area contributed by atoms with Crippen LogP contribution in [0, 0.1) is 13.8 Å². The first-order valence-corrected chi connectivity index (χ1v) is 7.99. The molecule has 0 unspecified atom stereocenters. The first-order chi connectivity index (χ1) is 11.4. The van der Waals surface area contributed by atoms with Crippen molar-refractivity contribution in [2.24, 2.45) is 0 Å². The van der Waals surface area contributed by atoms with Crippen LogP contribution in [-0.2, 0) is 17.8 Å². The van der Waals surface area contributed by atoms with Crippen LogP contribution in [0.1, 0.15) is 39.0 Å². The van der Waals surface area contributed by atoms with Crippen LogP contribution in [0.3, 0.4) is 0 Å². The summed E-state index contributed by atoms with van der Waals surface area (Å²) in [6, 6.07) is 12.9. The molecule has 1 amide bonds. The van der Waals surface area contributed by atoms with Crippen molar-refractivity contribution in [3.8, 4) is 0 Å². The monoisotopic (exact) mass is 325 g/mol. The van der Waals surface area contributed by atoms with Gasteiger partial charge in [0.1, 0.15) is 0 Å². The van der Waals surface area contributed by atoms with Crippen molar-refractivity contribution in [1.82, 2.24) is 4.90 Å². The average molecular weight is 325 g/mol. The molecule has 0 saturated carbocycles. The zero-order valence-corrected chi connectivity index (χ0v) is 14.4. The Morgan fingerprint density at radius 2 is 1.71 bits per heavy atom. The Balaban J connectivity index is 1.90. The number of carbonyl (C=O) groups is 2. The van der Waals surface area contributed by atoms with Crippen LogP contribution in [0.5, 0.6) is 0 Å². The molecule has 4 heteroatoms. The van der Waals surface area contributed by atoms with E-state index in [1.165, 1.54) is 16.7 Å². The van der Waals surface area contributed by atoms with Crippen LogP contribution in [0.25, 0.3) is 0 Å². The van der Waals surface area contributed by atoms with Gasteiger partial charge in [-0.05, 0) is 49.1 Å². The fraction of sp³-hybridized carbons (Fsp3) is 0.300. The van der Waals surface area contributed by atoms with Crippen LogP contribution in [0.15, 0.2) is 42.5 Å². The standard InChI is InChI=1S/C20H23NO3/c1-14-4-7-17(15(2)12-14)10-11-19(22)21(3)13-16-5-8-18(9-6-16)20(23)24/h4-9,12H,10-11,13H2,1-3H3,(H,23,24). The van der Waals surface area contributed by atoms with Crippen LogP contribution in [-0.4, -0.2) is 28.9 Å². The molecule has 0 aliphatic carbocycles. The summed E-state index contributed by atoms with van der Waals surface area (Å²) in [6.45, 7) is 4.61. The maximum atomic E-state index is 12.3. The maximum absolute atomic E-state index is 12.3. The summed E-state index contributed by atoms with van der Waals surface area (Å²) >= 11 is 0. The summed E-state index contributed by atoms with van der Waals surface area (Å²) < 4.78 is 0. The lowest BCUT2D eigenvalue weighted by Gasteiger charge is -2.18. The van der Waals surface area contributed by atoms with E-state index in [0.717, 1.165) is 12.0 Å². The number of aromatic carboxylic acids is 1. The third-order valence-corrected chi connectivity index (χ3v) is 4.15. The average Bonchev–Trinajstić information content (AvgIpc) is 2.54. The molecular weight excluding hydrogens is 302 g/mol. The summed E-state index contributed by atoms with van der Waals surface area (Å²) in [4.78, 5) is 24.8. The number of carboxylic acids is 1. The van der Waals surface area contributed by atoms with E-state index >= 15 is 0 Å². The van der Waals surface area contributed by atoms with Gasteiger partial charge in [-0.2, -0.15) is 0 Å². The van der Waals surface area contributed by atoms with Gasteiger partial charge in [0, 0.05) is 20.0 Å². The second-order valence-corrected chi connectivity index (χ2v) is 6.18. The fourth-order valence-electron chi connectivity index (χ4n) is 2.67. The quantitative estimate of drug-likeness (QED) is 0.883. The van der Waals surface area contributed by atoms with Gasteiger partial charge in [-0.1, -0.05) is 35.9 Å². The highest BCUT2D eigenvalue weighted by molar-refractivity contribution is 5.87. The zero-order valence-electron chi connectivity index (χ0n) is 14.4. The Kier molecular flexibility index (Phi) is 5.74. The van der Waals surface area contributed by atoms with Crippen molar-refractivity contribution in [2.45, 2.75) is 33.2 Å². The minimum Gasteiger partial charge on any atom is -0.478 e. The highest BCUT2D eigenvalue weighted by Crippen LogP contribution is 2.14. The minimum atomic E-state index is -0.945. The molecular formula is C20H23NO3. The van der Waals surface area contributed by atoms with Gasteiger partial charge < -0.3 is 10.0 Å². The molecule has 2 aromatic carbocycles. The molecule has 2 aromatic rings. The Labute approximate surface area is 142 Å². The molecule has 0 aliphatic rings. The number of hydrogen-bond donors (Lipinski definition) is 1. The van der Waals surface area contributed by atoms with E-state index in [0.29, 0.717) is 13.0 Å². The van der Waals surface area contributed by atoms with E-state index in [4.69, 9.17) is 5.11 Å². The van der Waals surface area contributed by atoms with Gasteiger partial charge in [0.15, 0.2) is 0 Å². The van der Waals surface area contributed by atoms with Gasteiger partial charge in [0.25, 0.3) is 0 Å². The van der Waals surface area contributed by atoms with Gasteiger partial charge >= 0.3 is 5.97 Å². The van der Waals surface area contributed by atoms with E-state index in [1.807, 2.05) is 0 Å². The van der Waals surface area contributed by atoms with Crippen molar-refractivity contribution in [1.29, 1.82) is 0 Å². The van der Waals surface area contributed by atoms with Crippen molar-refractivity contribution in [2.75, 3.05) is 7.05 Å². The third kappa shape index (κ3) is 4.69.